The summed E-state index contributed by atoms with van der Waals surface area (Å²) in [6, 6.07) is 12.9. The van der Waals surface area contributed by atoms with Gasteiger partial charge >= 0.3 is 0 Å². The van der Waals surface area contributed by atoms with Crippen molar-refractivity contribution in [2.45, 2.75) is 10.8 Å². The Balaban J connectivity index is 1.97. The summed E-state index contributed by atoms with van der Waals surface area (Å²) in [5.41, 5.74) is 1.19. The number of rotatable bonds is 4. The Hall–Kier alpha value is -2.27. The third-order valence-corrected chi connectivity index (χ3v) is 3.86. The van der Waals surface area contributed by atoms with Gasteiger partial charge in [0.05, 0.1) is 5.03 Å². The zero-order valence-electron chi connectivity index (χ0n) is 10.4. The first-order valence-corrected chi connectivity index (χ1v) is 7.00. The number of carboxylic acids is 1. The fourth-order valence-electron chi connectivity index (χ4n) is 1.99. The van der Waals surface area contributed by atoms with Gasteiger partial charge in [0, 0.05) is 22.9 Å². The maximum absolute atomic E-state index is 11.2. The van der Waals surface area contributed by atoms with E-state index in [-0.39, 0.29) is 5.76 Å². The maximum atomic E-state index is 11.2. The van der Waals surface area contributed by atoms with Gasteiger partial charge in [-0.1, -0.05) is 24.3 Å². The number of nitrogens with zero attached hydrogens (tertiary/aromatic N) is 1. The summed E-state index contributed by atoms with van der Waals surface area (Å²) in [6.45, 7) is 0. The van der Waals surface area contributed by atoms with E-state index in [4.69, 9.17) is 4.42 Å². The highest BCUT2D eigenvalue weighted by Gasteiger charge is 2.15. The number of fused-ring (bicyclic) bond motifs is 1. The Kier molecular flexibility index (Phi) is 3.43. The van der Waals surface area contributed by atoms with Crippen LogP contribution >= 0.6 is 11.8 Å². The second kappa shape index (κ2) is 5.38. The first-order valence-electron chi connectivity index (χ1n) is 6.01. The van der Waals surface area contributed by atoms with Gasteiger partial charge in [-0.3, -0.25) is 0 Å². The van der Waals surface area contributed by atoms with Crippen LogP contribution in [-0.4, -0.2) is 11.0 Å². The molecular weight excluding hydrogens is 274 g/mol. The predicted octanol–water partition coefficient (Wildman–Crippen LogP) is 2.48. The molecule has 2 aromatic heterocycles. The van der Waals surface area contributed by atoms with E-state index in [1.807, 2.05) is 30.3 Å². The third kappa shape index (κ3) is 2.40. The highest BCUT2D eigenvalue weighted by molar-refractivity contribution is 7.98. The standard InChI is InChI=1S/C15H11NO3S/c17-15(18)14-11(9-20-13-7-3-4-8-16-13)10-5-1-2-6-12(10)19-14/h1-8H,9H2,(H,17,18)/p-1. The van der Waals surface area contributed by atoms with Crippen molar-refractivity contribution >= 4 is 28.7 Å². The van der Waals surface area contributed by atoms with Crippen molar-refractivity contribution in [2.24, 2.45) is 0 Å². The van der Waals surface area contributed by atoms with Gasteiger partial charge in [0.25, 0.3) is 0 Å². The molecule has 0 aliphatic rings. The molecule has 5 heteroatoms. The van der Waals surface area contributed by atoms with Crippen molar-refractivity contribution in [1.82, 2.24) is 4.98 Å². The highest BCUT2D eigenvalue weighted by Crippen LogP contribution is 2.30. The maximum Gasteiger partial charge on any atom is 0.154 e. The van der Waals surface area contributed by atoms with Crippen molar-refractivity contribution in [1.29, 1.82) is 0 Å². The smallest absolute Gasteiger partial charge is 0.154 e. The van der Waals surface area contributed by atoms with Crippen LogP contribution in [0, 0.1) is 0 Å². The summed E-state index contributed by atoms with van der Waals surface area (Å²) in [7, 11) is 0. The normalized spacial score (nSPS) is 10.8. The van der Waals surface area contributed by atoms with E-state index in [2.05, 4.69) is 4.98 Å². The van der Waals surface area contributed by atoms with Crippen LogP contribution in [0.25, 0.3) is 11.0 Å². The molecule has 0 amide bonds. The van der Waals surface area contributed by atoms with Crippen molar-refractivity contribution in [3.63, 3.8) is 0 Å². The zero-order valence-corrected chi connectivity index (χ0v) is 11.2. The minimum Gasteiger partial charge on any atom is -0.542 e. The average Bonchev–Trinajstić information content (AvgIpc) is 2.85. The zero-order chi connectivity index (χ0) is 13.9. The van der Waals surface area contributed by atoms with Gasteiger partial charge in [0.2, 0.25) is 0 Å². The van der Waals surface area contributed by atoms with Crippen LogP contribution in [0.3, 0.4) is 0 Å². The summed E-state index contributed by atoms with van der Waals surface area (Å²) in [5.74, 6) is -0.926. The molecule has 0 saturated heterocycles. The molecule has 1 aromatic carbocycles. The van der Waals surface area contributed by atoms with E-state index in [0.717, 1.165) is 10.4 Å². The Bertz CT molecular complexity index is 752. The number of pyridine rings is 1. The van der Waals surface area contributed by atoms with E-state index >= 15 is 0 Å². The molecule has 0 atom stereocenters. The van der Waals surface area contributed by atoms with Crippen LogP contribution in [0.1, 0.15) is 16.1 Å². The largest absolute Gasteiger partial charge is 0.542 e. The molecule has 0 unspecified atom stereocenters. The van der Waals surface area contributed by atoms with Gasteiger partial charge < -0.3 is 14.3 Å². The molecular formula is C15H10NO3S-. The molecule has 2 heterocycles. The van der Waals surface area contributed by atoms with Crippen molar-refractivity contribution < 1.29 is 14.3 Å². The Labute approximate surface area is 119 Å². The van der Waals surface area contributed by atoms with Crippen molar-refractivity contribution in [2.75, 3.05) is 0 Å². The number of carboxylic acid groups (broad SMARTS) is 1. The topological polar surface area (TPSA) is 66.2 Å². The van der Waals surface area contributed by atoms with Crippen LogP contribution in [0.15, 0.2) is 58.1 Å². The number of thioether (sulfide) groups is 1. The first kappa shape index (κ1) is 12.7. The molecule has 20 heavy (non-hydrogen) atoms. The molecule has 0 fully saturated rings. The molecule has 3 aromatic rings. The van der Waals surface area contributed by atoms with Gasteiger partial charge in [-0.25, -0.2) is 4.98 Å². The SMILES string of the molecule is O=C([O-])c1oc2ccccc2c1CSc1ccccn1. The first-order chi connectivity index (χ1) is 9.75. The molecule has 0 N–H and O–H groups in total. The minimum absolute atomic E-state index is 0.102. The summed E-state index contributed by atoms with van der Waals surface area (Å²) in [4.78, 5) is 15.4. The number of hydrogen-bond acceptors (Lipinski definition) is 5. The second-order valence-electron chi connectivity index (χ2n) is 4.15. The lowest BCUT2D eigenvalue weighted by Crippen LogP contribution is -2.22. The number of carbonyl (C=O) groups excluding carboxylic acids is 1. The number of carbonyl (C=O) groups is 1. The highest BCUT2D eigenvalue weighted by atomic mass is 32.2. The minimum atomic E-state index is -1.29. The van der Waals surface area contributed by atoms with Gasteiger partial charge in [0.1, 0.15) is 11.6 Å². The van der Waals surface area contributed by atoms with Crippen molar-refractivity contribution in [3.05, 3.63) is 60.0 Å². The number of benzene rings is 1. The summed E-state index contributed by atoms with van der Waals surface area (Å²) in [6.07, 6.45) is 1.70. The van der Waals surface area contributed by atoms with Crippen LogP contribution in [0.5, 0.6) is 0 Å². The molecule has 0 aliphatic carbocycles. The fraction of sp³-hybridized carbons (Fsp3) is 0.0667. The second-order valence-corrected chi connectivity index (χ2v) is 5.15. The lowest BCUT2D eigenvalue weighted by atomic mass is 10.1. The number of furan rings is 1. The molecule has 4 nitrogen and oxygen atoms in total. The van der Waals surface area contributed by atoms with Crippen LogP contribution in [0.2, 0.25) is 0 Å². The molecule has 0 saturated carbocycles. The lowest BCUT2D eigenvalue weighted by molar-refractivity contribution is -0.257. The van der Waals surface area contributed by atoms with Crippen molar-refractivity contribution in [3.8, 4) is 0 Å². The third-order valence-electron chi connectivity index (χ3n) is 2.89. The predicted molar refractivity (Wildman–Crippen MR) is 74.3 cm³/mol. The Morgan fingerprint density at radius 3 is 2.75 bits per heavy atom. The summed E-state index contributed by atoms with van der Waals surface area (Å²) < 4.78 is 5.35. The number of hydrogen-bond donors (Lipinski definition) is 0. The molecule has 3 rings (SSSR count). The number of aromatic nitrogens is 1. The number of para-hydroxylation sites is 1. The van der Waals surface area contributed by atoms with Crippen LogP contribution in [-0.2, 0) is 5.75 Å². The van der Waals surface area contributed by atoms with Crippen LogP contribution in [0.4, 0.5) is 0 Å². The van der Waals surface area contributed by atoms with Gasteiger partial charge in [0.15, 0.2) is 5.76 Å². The molecule has 0 bridgehead atoms. The molecule has 0 radical (unpaired) electrons. The van der Waals surface area contributed by atoms with E-state index in [9.17, 15) is 9.90 Å². The van der Waals surface area contributed by atoms with Crippen LogP contribution < -0.4 is 5.11 Å². The fourth-order valence-corrected chi connectivity index (χ4v) is 2.87. The molecule has 100 valence electrons. The molecule has 0 aliphatic heterocycles. The number of aromatic carboxylic acids is 1. The van der Waals surface area contributed by atoms with E-state index in [0.29, 0.717) is 16.9 Å². The van der Waals surface area contributed by atoms with E-state index in [1.165, 1.54) is 11.8 Å². The Morgan fingerprint density at radius 2 is 2.00 bits per heavy atom. The summed E-state index contributed by atoms with van der Waals surface area (Å²) >= 11 is 1.46. The van der Waals surface area contributed by atoms with Gasteiger partial charge in [-0.05, 0) is 18.2 Å². The monoisotopic (exact) mass is 284 g/mol. The lowest BCUT2D eigenvalue weighted by Gasteiger charge is -2.03. The van der Waals surface area contributed by atoms with Gasteiger partial charge in [-0.15, -0.1) is 11.8 Å². The quantitative estimate of drug-likeness (QED) is 0.689. The van der Waals surface area contributed by atoms with Gasteiger partial charge in [-0.2, -0.15) is 0 Å². The van der Waals surface area contributed by atoms with E-state index in [1.54, 1.807) is 18.3 Å². The van der Waals surface area contributed by atoms with E-state index < -0.39 is 5.97 Å². The Morgan fingerprint density at radius 1 is 1.20 bits per heavy atom. The summed E-state index contributed by atoms with van der Waals surface area (Å²) in [5, 5.41) is 12.8. The average molecular weight is 284 g/mol. The molecule has 0 spiro atoms.